The maximum atomic E-state index is 3.56. The van der Waals surface area contributed by atoms with E-state index in [0.29, 0.717) is 0 Å². The quantitative estimate of drug-likeness (QED) is 0.429. The summed E-state index contributed by atoms with van der Waals surface area (Å²) < 4.78 is 0. The smallest absolute Gasteiger partial charge is 0.148 e. The molecule has 1 nitrogen and oxygen atoms in total. The molecular weight excluding hydrogens is 186 g/mol. The minimum absolute atomic E-state index is 0.725. The SMILES string of the molecule is CNC#C[Si](C(C)C)(C(C)C)C(C)C. The number of hydrogen-bond acceptors (Lipinski definition) is 1. The van der Waals surface area contributed by atoms with Crippen LogP contribution in [0.5, 0.6) is 0 Å². The van der Waals surface area contributed by atoms with Gasteiger partial charge in [0.2, 0.25) is 0 Å². The Bertz CT molecular complexity index is 198. The number of rotatable bonds is 3. The maximum absolute atomic E-state index is 3.56. The van der Waals surface area contributed by atoms with Crippen LogP contribution in [0.25, 0.3) is 0 Å². The Balaban J connectivity index is 5.16. The number of nitrogens with one attached hydrogen (secondary N) is 1. The fourth-order valence-corrected chi connectivity index (χ4v) is 7.81. The average molecular weight is 211 g/mol. The summed E-state index contributed by atoms with van der Waals surface area (Å²) in [6, 6.07) is 3.09. The molecule has 0 aromatic rings. The van der Waals surface area contributed by atoms with Crippen molar-refractivity contribution in [2.24, 2.45) is 0 Å². The summed E-state index contributed by atoms with van der Waals surface area (Å²) in [7, 11) is 0.424. The second kappa shape index (κ2) is 5.46. The van der Waals surface area contributed by atoms with Gasteiger partial charge in [-0.2, -0.15) is 0 Å². The molecule has 0 radical (unpaired) electrons. The van der Waals surface area contributed by atoms with Gasteiger partial charge in [-0.3, -0.25) is 0 Å². The van der Waals surface area contributed by atoms with E-state index in [1.165, 1.54) is 0 Å². The van der Waals surface area contributed by atoms with Gasteiger partial charge in [0, 0.05) is 7.05 Å². The van der Waals surface area contributed by atoms with Crippen LogP contribution in [0.2, 0.25) is 16.6 Å². The average Bonchev–Trinajstić information content (AvgIpc) is 2.03. The molecule has 0 saturated carbocycles. The van der Waals surface area contributed by atoms with Crippen molar-refractivity contribution in [2.45, 2.75) is 58.2 Å². The molecule has 1 N–H and O–H groups in total. The molecule has 0 unspecified atom stereocenters. The molecule has 0 aliphatic rings. The van der Waals surface area contributed by atoms with Gasteiger partial charge in [-0.25, -0.2) is 0 Å². The van der Waals surface area contributed by atoms with Crippen molar-refractivity contribution in [3.05, 3.63) is 0 Å². The molecule has 14 heavy (non-hydrogen) atoms. The summed E-state index contributed by atoms with van der Waals surface area (Å²) >= 11 is 0. The van der Waals surface area contributed by atoms with Gasteiger partial charge in [0.15, 0.2) is 0 Å². The van der Waals surface area contributed by atoms with Crippen molar-refractivity contribution < 1.29 is 0 Å². The molecule has 0 heterocycles. The van der Waals surface area contributed by atoms with Gasteiger partial charge < -0.3 is 5.32 Å². The maximum Gasteiger partial charge on any atom is 0.148 e. The molecule has 0 rings (SSSR count). The second-order valence-electron chi connectivity index (χ2n) is 4.90. The summed E-state index contributed by atoms with van der Waals surface area (Å²) in [5.74, 6) is 0. The van der Waals surface area contributed by atoms with E-state index in [1.807, 2.05) is 7.05 Å². The van der Waals surface area contributed by atoms with E-state index in [-0.39, 0.29) is 0 Å². The lowest BCUT2D eigenvalue weighted by Crippen LogP contribution is -2.43. The summed E-state index contributed by atoms with van der Waals surface area (Å²) in [5, 5.41) is 2.96. The molecule has 0 aromatic heterocycles. The fraction of sp³-hybridized carbons (Fsp3) is 0.833. The summed E-state index contributed by atoms with van der Waals surface area (Å²) in [6.45, 7) is 14.0. The summed E-state index contributed by atoms with van der Waals surface area (Å²) in [4.78, 5) is 0. The first-order valence-electron chi connectivity index (χ1n) is 5.58. The molecule has 0 amide bonds. The molecule has 82 valence electrons. The van der Waals surface area contributed by atoms with Crippen LogP contribution >= 0.6 is 0 Å². The zero-order chi connectivity index (χ0) is 11.4. The second-order valence-corrected chi connectivity index (χ2v) is 10.5. The lowest BCUT2D eigenvalue weighted by molar-refractivity contribution is 0.838. The van der Waals surface area contributed by atoms with Gasteiger partial charge in [0.1, 0.15) is 8.07 Å². The molecule has 0 saturated heterocycles. The minimum atomic E-state index is -1.47. The largest absolute Gasteiger partial charge is 0.349 e. The molecule has 0 aromatic carbocycles. The Hall–Kier alpha value is -0.423. The zero-order valence-electron chi connectivity index (χ0n) is 10.7. The van der Waals surface area contributed by atoms with Crippen molar-refractivity contribution >= 4 is 8.07 Å². The van der Waals surface area contributed by atoms with E-state index in [9.17, 15) is 0 Å². The first-order chi connectivity index (χ1) is 6.39. The third-order valence-electron chi connectivity index (χ3n) is 3.27. The van der Waals surface area contributed by atoms with Crippen molar-refractivity contribution in [1.29, 1.82) is 0 Å². The van der Waals surface area contributed by atoms with E-state index in [2.05, 4.69) is 58.4 Å². The molecule has 0 bridgehead atoms. The topological polar surface area (TPSA) is 12.0 Å². The van der Waals surface area contributed by atoms with E-state index < -0.39 is 8.07 Å². The lowest BCUT2D eigenvalue weighted by atomic mass is 10.5. The Morgan fingerprint density at radius 1 is 0.857 bits per heavy atom. The number of hydrogen-bond donors (Lipinski definition) is 1. The highest BCUT2D eigenvalue weighted by Crippen LogP contribution is 2.40. The molecule has 0 fully saturated rings. The zero-order valence-corrected chi connectivity index (χ0v) is 11.7. The predicted molar refractivity (Wildman–Crippen MR) is 67.9 cm³/mol. The van der Waals surface area contributed by atoms with Crippen LogP contribution in [0.4, 0.5) is 0 Å². The van der Waals surface area contributed by atoms with Crippen LogP contribution in [0, 0.1) is 11.6 Å². The first-order valence-corrected chi connectivity index (χ1v) is 7.81. The Morgan fingerprint density at radius 3 is 1.43 bits per heavy atom. The third kappa shape index (κ3) is 2.54. The molecule has 0 aliphatic carbocycles. The highest BCUT2D eigenvalue weighted by atomic mass is 28.3. The Kier molecular flexibility index (Phi) is 5.29. The van der Waals surface area contributed by atoms with Crippen molar-refractivity contribution in [3.8, 4) is 11.6 Å². The molecular formula is C12H25NSi. The van der Waals surface area contributed by atoms with Crippen LogP contribution in [0.1, 0.15) is 41.5 Å². The molecule has 2 heteroatoms. The molecule has 0 aliphatic heterocycles. The van der Waals surface area contributed by atoms with E-state index in [0.717, 1.165) is 16.6 Å². The van der Waals surface area contributed by atoms with Crippen LogP contribution in [-0.4, -0.2) is 15.1 Å². The molecule has 0 spiro atoms. The summed E-state index contributed by atoms with van der Waals surface area (Å²) in [6.07, 6.45) is 0. The fourth-order valence-electron chi connectivity index (χ4n) is 2.60. The van der Waals surface area contributed by atoms with Crippen molar-refractivity contribution in [3.63, 3.8) is 0 Å². The van der Waals surface area contributed by atoms with Gasteiger partial charge in [-0.05, 0) is 22.7 Å². The van der Waals surface area contributed by atoms with Gasteiger partial charge in [0.05, 0.1) is 0 Å². The van der Waals surface area contributed by atoms with E-state index in [4.69, 9.17) is 0 Å². The van der Waals surface area contributed by atoms with Gasteiger partial charge in [-0.15, -0.1) is 5.54 Å². The van der Waals surface area contributed by atoms with Crippen molar-refractivity contribution in [2.75, 3.05) is 7.05 Å². The third-order valence-corrected chi connectivity index (χ3v) is 9.56. The van der Waals surface area contributed by atoms with Crippen LogP contribution in [-0.2, 0) is 0 Å². The van der Waals surface area contributed by atoms with E-state index in [1.54, 1.807) is 0 Å². The van der Waals surface area contributed by atoms with Crippen molar-refractivity contribution in [1.82, 2.24) is 5.32 Å². The van der Waals surface area contributed by atoms with E-state index >= 15 is 0 Å². The Morgan fingerprint density at radius 2 is 1.21 bits per heavy atom. The minimum Gasteiger partial charge on any atom is -0.349 e. The summed E-state index contributed by atoms with van der Waals surface area (Å²) in [5.41, 5.74) is 5.73. The monoisotopic (exact) mass is 211 g/mol. The van der Waals surface area contributed by atoms with Gasteiger partial charge in [0.25, 0.3) is 0 Å². The predicted octanol–water partition coefficient (Wildman–Crippen LogP) is 3.38. The van der Waals surface area contributed by atoms with Crippen LogP contribution < -0.4 is 5.32 Å². The van der Waals surface area contributed by atoms with Crippen LogP contribution in [0.3, 0.4) is 0 Å². The van der Waals surface area contributed by atoms with Crippen LogP contribution in [0.15, 0.2) is 0 Å². The normalized spacial score (nSPS) is 11.9. The molecule has 0 atom stereocenters. The Labute approximate surface area is 90.7 Å². The lowest BCUT2D eigenvalue weighted by Gasteiger charge is -2.37. The highest BCUT2D eigenvalue weighted by molar-refractivity contribution is 6.90. The highest BCUT2D eigenvalue weighted by Gasteiger charge is 2.41. The van der Waals surface area contributed by atoms with Gasteiger partial charge in [-0.1, -0.05) is 41.5 Å². The standard InChI is InChI=1S/C12H25NSi/c1-10(2)14(11(3)4,12(5)6)9-8-13-7/h10-13H,1-7H3. The van der Waals surface area contributed by atoms with Gasteiger partial charge >= 0.3 is 0 Å². The first kappa shape index (κ1) is 13.6.